The van der Waals surface area contributed by atoms with Gasteiger partial charge in [-0.05, 0) is 31.0 Å². The van der Waals surface area contributed by atoms with Gasteiger partial charge in [-0.15, -0.1) is 0 Å². The molecule has 0 radical (unpaired) electrons. The van der Waals surface area contributed by atoms with Crippen LogP contribution in [0.3, 0.4) is 0 Å². The quantitative estimate of drug-likeness (QED) is 0.853. The molecule has 4 nitrogen and oxygen atoms in total. The number of aromatic carboxylic acids is 1. The Labute approximate surface area is 123 Å². The summed E-state index contributed by atoms with van der Waals surface area (Å²) in [6.45, 7) is -0.216. The maximum Gasteiger partial charge on any atom is 0.391 e. The molecule has 1 amide bonds. The fraction of sp³-hybridized carbons (Fsp3) is 0.429. The van der Waals surface area contributed by atoms with Crippen molar-refractivity contribution in [3.63, 3.8) is 0 Å². The molecule has 0 aromatic heterocycles. The van der Waals surface area contributed by atoms with Crippen LogP contribution >= 0.6 is 0 Å². The molecule has 0 saturated carbocycles. The van der Waals surface area contributed by atoms with Gasteiger partial charge in [0.1, 0.15) is 5.82 Å². The second-order valence-corrected chi connectivity index (χ2v) is 5.11. The topological polar surface area (TPSA) is 57.6 Å². The van der Waals surface area contributed by atoms with E-state index in [4.69, 9.17) is 5.11 Å². The lowest BCUT2D eigenvalue weighted by molar-refractivity contribution is -0.183. The largest absolute Gasteiger partial charge is 0.478 e. The minimum Gasteiger partial charge on any atom is -0.478 e. The monoisotopic (exact) mass is 319 g/mol. The Morgan fingerprint density at radius 1 is 1.18 bits per heavy atom. The van der Waals surface area contributed by atoms with Crippen molar-refractivity contribution in [1.29, 1.82) is 0 Å². The lowest BCUT2D eigenvalue weighted by atomic mass is 9.95. The number of halogens is 4. The molecular weight excluding hydrogens is 306 g/mol. The van der Waals surface area contributed by atoms with Gasteiger partial charge >= 0.3 is 12.1 Å². The number of hydrogen-bond donors (Lipinski definition) is 1. The fourth-order valence-electron chi connectivity index (χ4n) is 2.40. The van der Waals surface area contributed by atoms with Crippen LogP contribution in [-0.4, -0.2) is 41.1 Å². The summed E-state index contributed by atoms with van der Waals surface area (Å²) in [5.74, 6) is -4.50. The van der Waals surface area contributed by atoms with Gasteiger partial charge in [-0.2, -0.15) is 13.2 Å². The third kappa shape index (κ3) is 3.37. The Kier molecular flexibility index (Phi) is 4.39. The highest BCUT2D eigenvalue weighted by Gasteiger charge is 2.41. The molecule has 1 N–H and O–H groups in total. The van der Waals surface area contributed by atoms with Crippen LogP contribution in [0, 0.1) is 11.7 Å². The second-order valence-electron chi connectivity index (χ2n) is 5.11. The first-order chi connectivity index (χ1) is 10.2. The van der Waals surface area contributed by atoms with E-state index in [1.165, 1.54) is 0 Å². The van der Waals surface area contributed by atoms with E-state index in [2.05, 4.69) is 0 Å². The van der Waals surface area contributed by atoms with Crippen LogP contribution in [0.15, 0.2) is 18.2 Å². The van der Waals surface area contributed by atoms with Crippen LogP contribution < -0.4 is 0 Å². The van der Waals surface area contributed by atoms with Gasteiger partial charge in [0, 0.05) is 13.1 Å². The standard InChI is InChI=1S/C14H13F4NO3/c15-11-7-8(13(21)22)1-2-10(11)12(20)19-5-3-9(4-6-19)14(16,17)18/h1-2,7,9H,3-6H2,(H,21,22). The number of carboxylic acids is 1. The van der Waals surface area contributed by atoms with Gasteiger partial charge in [0.25, 0.3) is 5.91 Å². The average molecular weight is 319 g/mol. The summed E-state index contributed by atoms with van der Waals surface area (Å²) in [5, 5.41) is 8.72. The molecule has 0 bridgehead atoms. The number of carbonyl (C=O) groups is 2. The van der Waals surface area contributed by atoms with Crippen LogP contribution in [0.2, 0.25) is 0 Å². The van der Waals surface area contributed by atoms with Gasteiger partial charge in [0.05, 0.1) is 17.0 Å². The van der Waals surface area contributed by atoms with Crippen molar-refractivity contribution < 1.29 is 32.3 Å². The van der Waals surface area contributed by atoms with Crippen molar-refractivity contribution in [2.24, 2.45) is 5.92 Å². The SMILES string of the molecule is O=C(O)c1ccc(C(=O)N2CCC(C(F)(F)F)CC2)c(F)c1. The summed E-state index contributed by atoms with van der Waals surface area (Å²) in [4.78, 5) is 24.0. The fourth-order valence-corrected chi connectivity index (χ4v) is 2.40. The molecule has 8 heteroatoms. The Bertz CT molecular complexity index is 592. The van der Waals surface area contributed by atoms with Crippen molar-refractivity contribution >= 4 is 11.9 Å². The average Bonchev–Trinajstić information content (AvgIpc) is 2.45. The Balaban J connectivity index is 2.09. The maximum absolute atomic E-state index is 13.8. The molecule has 1 aromatic carbocycles. The Morgan fingerprint density at radius 2 is 1.77 bits per heavy atom. The predicted octanol–water partition coefficient (Wildman–Crippen LogP) is 2.94. The summed E-state index contributed by atoms with van der Waals surface area (Å²) in [6, 6.07) is 2.84. The number of alkyl halides is 3. The van der Waals surface area contributed by atoms with Gasteiger partial charge in [0.15, 0.2) is 0 Å². The first kappa shape index (κ1) is 16.3. The van der Waals surface area contributed by atoms with E-state index in [-0.39, 0.29) is 37.1 Å². The Morgan fingerprint density at radius 3 is 2.23 bits per heavy atom. The molecule has 1 fully saturated rings. The number of amides is 1. The summed E-state index contributed by atoms with van der Waals surface area (Å²) in [6.07, 6.45) is -4.72. The molecule has 1 heterocycles. The lowest BCUT2D eigenvalue weighted by Gasteiger charge is -2.33. The highest BCUT2D eigenvalue weighted by atomic mass is 19.4. The zero-order chi connectivity index (χ0) is 16.5. The van der Waals surface area contributed by atoms with Crippen molar-refractivity contribution in [2.75, 3.05) is 13.1 Å². The van der Waals surface area contributed by atoms with Crippen LogP contribution in [0.1, 0.15) is 33.6 Å². The zero-order valence-corrected chi connectivity index (χ0v) is 11.4. The van der Waals surface area contributed by atoms with Gasteiger partial charge in [-0.3, -0.25) is 4.79 Å². The maximum atomic E-state index is 13.8. The number of piperidine rings is 1. The molecule has 0 atom stereocenters. The minimum atomic E-state index is -4.29. The van der Waals surface area contributed by atoms with Crippen molar-refractivity contribution in [1.82, 2.24) is 4.90 Å². The van der Waals surface area contributed by atoms with Gasteiger partial charge in [-0.25, -0.2) is 9.18 Å². The van der Waals surface area contributed by atoms with Crippen LogP contribution in [0.25, 0.3) is 0 Å². The molecule has 2 rings (SSSR count). The number of rotatable bonds is 2. The summed E-state index contributed by atoms with van der Waals surface area (Å²) >= 11 is 0. The van der Waals surface area contributed by atoms with Gasteiger partial charge in [-0.1, -0.05) is 0 Å². The number of hydrogen-bond acceptors (Lipinski definition) is 2. The third-order valence-electron chi connectivity index (χ3n) is 3.69. The van der Waals surface area contributed by atoms with E-state index in [1.807, 2.05) is 0 Å². The van der Waals surface area contributed by atoms with E-state index in [1.54, 1.807) is 0 Å². The number of benzene rings is 1. The van der Waals surface area contributed by atoms with E-state index in [9.17, 15) is 27.2 Å². The van der Waals surface area contributed by atoms with E-state index < -0.39 is 29.8 Å². The molecule has 120 valence electrons. The Hall–Kier alpha value is -2.12. The number of carbonyl (C=O) groups excluding carboxylic acids is 1. The van der Waals surface area contributed by atoms with Gasteiger partial charge < -0.3 is 10.0 Å². The molecule has 1 aliphatic heterocycles. The highest BCUT2D eigenvalue weighted by molar-refractivity contribution is 5.96. The van der Waals surface area contributed by atoms with E-state index in [0.29, 0.717) is 0 Å². The number of nitrogens with zero attached hydrogens (tertiary/aromatic N) is 1. The second kappa shape index (κ2) is 5.94. The van der Waals surface area contributed by atoms with E-state index in [0.717, 1.165) is 23.1 Å². The van der Waals surface area contributed by atoms with Crippen LogP contribution in [0.4, 0.5) is 17.6 Å². The summed E-state index contributed by atoms with van der Waals surface area (Å²) in [7, 11) is 0. The van der Waals surface area contributed by atoms with E-state index >= 15 is 0 Å². The van der Waals surface area contributed by atoms with Crippen molar-refractivity contribution in [3.05, 3.63) is 35.1 Å². The van der Waals surface area contributed by atoms with Crippen molar-refractivity contribution in [2.45, 2.75) is 19.0 Å². The molecule has 1 saturated heterocycles. The minimum absolute atomic E-state index is 0.108. The third-order valence-corrected chi connectivity index (χ3v) is 3.69. The molecule has 22 heavy (non-hydrogen) atoms. The number of carboxylic acid groups (broad SMARTS) is 1. The summed E-state index contributed by atoms with van der Waals surface area (Å²) < 4.78 is 51.5. The predicted molar refractivity (Wildman–Crippen MR) is 68.0 cm³/mol. The first-order valence-electron chi connectivity index (χ1n) is 6.59. The summed E-state index contributed by atoms with van der Waals surface area (Å²) in [5.41, 5.74) is -0.639. The first-order valence-corrected chi connectivity index (χ1v) is 6.59. The van der Waals surface area contributed by atoms with Crippen LogP contribution in [-0.2, 0) is 0 Å². The van der Waals surface area contributed by atoms with Crippen molar-refractivity contribution in [3.8, 4) is 0 Å². The molecule has 0 unspecified atom stereocenters. The molecule has 0 aliphatic carbocycles. The number of likely N-dealkylation sites (tertiary alicyclic amines) is 1. The molecular formula is C14H13F4NO3. The smallest absolute Gasteiger partial charge is 0.391 e. The lowest BCUT2D eigenvalue weighted by Crippen LogP contribution is -2.42. The molecule has 0 spiro atoms. The molecule has 1 aromatic rings. The van der Waals surface area contributed by atoms with Gasteiger partial charge in [0.2, 0.25) is 0 Å². The zero-order valence-electron chi connectivity index (χ0n) is 11.4. The van der Waals surface area contributed by atoms with Crippen LogP contribution in [0.5, 0.6) is 0 Å². The molecule has 1 aliphatic rings. The highest BCUT2D eigenvalue weighted by Crippen LogP contribution is 2.34. The normalized spacial score (nSPS) is 16.6.